The van der Waals surface area contributed by atoms with E-state index in [9.17, 15) is 0 Å². The van der Waals surface area contributed by atoms with Crippen LogP contribution in [0.15, 0.2) is 36.4 Å². The van der Waals surface area contributed by atoms with E-state index in [-0.39, 0.29) is 17.1 Å². The van der Waals surface area contributed by atoms with E-state index in [1.54, 1.807) is 0 Å². The molecule has 0 spiro atoms. The summed E-state index contributed by atoms with van der Waals surface area (Å²) in [5, 5.41) is 0. The largest absolute Gasteiger partial charge is 2.00 e. The van der Waals surface area contributed by atoms with E-state index < -0.39 is 16.1 Å². The number of hydrogen-bond acceptors (Lipinski definition) is 2. The molecule has 5 heterocycles. The van der Waals surface area contributed by atoms with Crippen LogP contribution in [0.5, 0.6) is 0 Å². The van der Waals surface area contributed by atoms with Crippen LogP contribution in [0.4, 0.5) is 0 Å². The van der Waals surface area contributed by atoms with Crippen molar-refractivity contribution >= 4 is 62.5 Å². The molecule has 0 aliphatic carbocycles. The average Bonchev–Trinajstić information content (AvgIpc) is 3.57. The number of aromatic nitrogens is 4. The molecular formula is C30H28CuN4Si2. The van der Waals surface area contributed by atoms with E-state index >= 15 is 0 Å². The number of fused-ring (bicyclic) bond motifs is 8. The van der Waals surface area contributed by atoms with E-state index in [0.29, 0.717) is 0 Å². The zero-order chi connectivity index (χ0) is 25.5. The van der Waals surface area contributed by atoms with E-state index in [1.165, 1.54) is 0 Å². The minimum absolute atomic E-state index is 0. The van der Waals surface area contributed by atoms with Gasteiger partial charge in [0.05, 0.1) is 22.8 Å². The zero-order valence-corrected chi connectivity index (χ0v) is 24.8. The van der Waals surface area contributed by atoms with Crippen LogP contribution in [0.1, 0.15) is 33.9 Å². The first-order valence-corrected chi connectivity index (χ1v) is 19.1. The van der Waals surface area contributed by atoms with E-state index in [4.69, 9.17) is 19.9 Å². The van der Waals surface area contributed by atoms with Crippen molar-refractivity contribution in [2.75, 3.05) is 0 Å². The second-order valence-corrected chi connectivity index (χ2v) is 20.6. The van der Waals surface area contributed by atoms with E-state index in [2.05, 4.69) is 62.2 Å². The molecule has 0 amide bonds. The van der Waals surface area contributed by atoms with Crippen LogP contribution < -0.4 is 9.97 Å². The fraction of sp³-hybridized carbons (Fsp3) is 0.200. The van der Waals surface area contributed by atoms with E-state index in [1.807, 2.05) is 60.7 Å². The molecular weight excluding hydrogens is 536 g/mol. The minimum atomic E-state index is -1.59. The van der Waals surface area contributed by atoms with Crippen LogP contribution in [0, 0.1) is 22.9 Å². The summed E-state index contributed by atoms with van der Waals surface area (Å²) in [6.45, 7) is 13.4. The Kier molecular flexibility index (Phi) is 7.37. The summed E-state index contributed by atoms with van der Waals surface area (Å²) in [4.78, 5) is 19.5. The Balaban J connectivity index is 0.00000320. The second-order valence-electron chi connectivity index (χ2n) is 11.1. The number of rotatable bonds is 0. The topological polar surface area (TPSA) is 54.0 Å². The minimum Gasteiger partial charge on any atom is -0.657 e. The SMILES string of the molecule is C[Si](C)(C)C#Cc1c2nc(cc3ccc([n-]3)c(C#C[Si](C)(C)C)c3nc(cc4ccc1[n-]4)C=C3)C=C2.[Cu+2]. The molecule has 4 nitrogen and oxygen atoms in total. The van der Waals surface area contributed by atoms with Gasteiger partial charge in [-0.15, -0.1) is 33.2 Å². The quantitative estimate of drug-likeness (QED) is 0.162. The molecule has 3 aromatic rings. The van der Waals surface area contributed by atoms with Crippen molar-refractivity contribution in [1.29, 1.82) is 0 Å². The Morgan fingerprint density at radius 3 is 1.38 bits per heavy atom. The molecule has 0 unspecified atom stereocenters. The first-order valence-electron chi connectivity index (χ1n) is 12.1. The van der Waals surface area contributed by atoms with Crippen LogP contribution in [-0.4, -0.2) is 26.1 Å². The fourth-order valence-corrected chi connectivity index (χ4v) is 4.71. The summed E-state index contributed by atoms with van der Waals surface area (Å²) >= 11 is 0. The van der Waals surface area contributed by atoms with Crippen molar-refractivity contribution < 1.29 is 17.1 Å². The standard InChI is InChI=1S/C30H28N4Si2.Cu/c1-35(2,3)17-15-25-27-11-7-21(31-27)19-23-9-13-29(33-23)26(16-18-36(4,5)6)30-14-10-24(34-30)20-22-8-12-28(25)32-22;/h7-14,19-20H,1-6H3;/q-2;+2. The van der Waals surface area contributed by atoms with Crippen LogP contribution in [0.3, 0.4) is 0 Å². The summed E-state index contributed by atoms with van der Waals surface area (Å²) in [7, 11) is -3.17. The summed E-state index contributed by atoms with van der Waals surface area (Å²) in [6, 6.07) is 12.0. The van der Waals surface area contributed by atoms with Gasteiger partial charge in [0.25, 0.3) is 0 Å². The fourth-order valence-electron chi connectivity index (χ4n) is 3.71. The van der Waals surface area contributed by atoms with Crippen molar-refractivity contribution in [2.24, 2.45) is 0 Å². The molecule has 0 saturated carbocycles. The maximum Gasteiger partial charge on any atom is 2.00 e. The Morgan fingerprint density at radius 2 is 1.00 bits per heavy atom. The van der Waals surface area contributed by atoms with Gasteiger partial charge in [0.15, 0.2) is 0 Å². The van der Waals surface area contributed by atoms with Crippen molar-refractivity contribution in [1.82, 2.24) is 19.9 Å². The van der Waals surface area contributed by atoms with Crippen LogP contribution in [0.25, 0.3) is 46.4 Å². The molecule has 187 valence electrons. The van der Waals surface area contributed by atoms with Gasteiger partial charge in [-0.3, -0.25) is 0 Å². The smallest absolute Gasteiger partial charge is 0.657 e. The molecule has 2 aliphatic heterocycles. The summed E-state index contributed by atoms with van der Waals surface area (Å²) < 4.78 is 0. The molecule has 0 N–H and O–H groups in total. The first kappa shape index (κ1) is 26.7. The van der Waals surface area contributed by atoms with Crippen molar-refractivity contribution in [3.63, 3.8) is 0 Å². The molecule has 2 aliphatic rings. The monoisotopic (exact) mass is 563 g/mol. The van der Waals surface area contributed by atoms with Gasteiger partial charge in [-0.25, -0.2) is 9.97 Å². The van der Waals surface area contributed by atoms with Gasteiger partial charge < -0.3 is 9.97 Å². The predicted octanol–water partition coefficient (Wildman–Crippen LogP) is 6.37. The van der Waals surface area contributed by atoms with Gasteiger partial charge in [-0.05, 0) is 24.3 Å². The maximum atomic E-state index is 4.88. The second kappa shape index (κ2) is 10.2. The molecule has 0 saturated heterocycles. The molecule has 8 bridgehead atoms. The predicted molar refractivity (Wildman–Crippen MR) is 157 cm³/mol. The third kappa shape index (κ3) is 6.52. The number of hydrogen-bond donors (Lipinski definition) is 0. The van der Waals surface area contributed by atoms with Gasteiger partial charge in [-0.2, -0.15) is 0 Å². The van der Waals surface area contributed by atoms with Gasteiger partial charge in [0.1, 0.15) is 16.1 Å². The number of nitrogens with zero attached hydrogens (tertiary/aromatic N) is 4. The molecule has 0 aromatic carbocycles. The third-order valence-electron chi connectivity index (χ3n) is 5.39. The molecule has 5 rings (SSSR count). The molecule has 3 aromatic heterocycles. The van der Waals surface area contributed by atoms with Crippen LogP contribution in [0.2, 0.25) is 39.3 Å². The summed E-state index contributed by atoms with van der Waals surface area (Å²) in [6.07, 6.45) is 8.05. The Hall–Kier alpha value is -3.33. The maximum absolute atomic E-state index is 4.88. The van der Waals surface area contributed by atoms with Gasteiger partial charge >= 0.3 is 17.1 Å². The normalized spacial score (nSPS) is 12.3. The van der Waals surface area contributed by atoms with Crippen molar-refractivity contribution in [2.45, 2.75) is 39.3 Å². The van der Waals surface area contributed by atoms with Crippen molar-refractivity contribution in [3.8, 4) is 22.9 Å². The Morgan fingerprint density at radius 1 is 0.595 bits per heavy atom. The van der Waals surface area contributed by atoms with E-state index in [0.717, 1.165) is 56.0 Å². The van der Waals surface area contributed by atoms with Gasteiger partial charge in [0, 0.05) is 11.1 Å². The third-order valence-corrected chi connectivity index (χ3v) is 7.14. The van der Waals surface area contributed by atoms with Crippen LogP contribution in [-0.2, 0) is 17.1 Å². The van der Waals surface area contributed by atoms with Crippen molar-refractivity contribution in [3.05, 3.63) is 70.3 Å². The molecule has 0 atom stereocenters. The average molecular weight is 564 g/mol. The molecule has 0 fully saturated rings. The summed E-state index contributed by atoms with van der Waals surface area (Å²) in [5.74, 6) is 6.83. The first-order chi connectivity index (χ1) is 17.0. The zero-order valence-electron chi connectivity index (χ0n) is 21.9. The van der Waals surface area contributed by atoms with Crippen LogP contribution >= 0.6 is 0 Å². The van der Waals surface area contributed by atoms with Gasteiger partial charge in [0.2, 0.25) is 0 Å². The molecule has 7 heteroatoms. The molecule has 1 radical (unpaired) electrons. The Labute approximate surface area is 231 Å². The molecule has 37 heavy (non-hydrogen) atoms. The summed E-state index contributed by atoms with van der Waals surface area (Å²) in [5.41, 5.74) is 15.4. The van der Waals surface area contributed by atoms with Gasteiger partial charge in [-0.1, -0.05) is 87.5 Å². The Bertz CT molecular complexity index is 1590.